The van der Waals surface area contributed by atoms with Crippen LogP contribution in [0, 0.1) is 13.8 Å². The van der Waals surface area contributed by atoms with Crippen LogP contribution in [0.25, 0.3) is 0 Å². The van der Waals surface area contributed by atoms with E-state index in [1.807, 2.05) is 50.7 Å². The first-order valence-corrected chi connectivity index (χ1v) is 6.16. The molecule has 0 spiro atoms. The lowest BCUT2D eigenvalue weighted by atomic mass is 9.90. The Hall–Kier alpha value is -1.61. The van der Waals surface area contributed by atoms with E-state index in [1.165, 1.54) is 11.1 Å². The van der Waals surface area contributed by atoms with Gasteiger partial charge in [-0.1, -0.05) is 29.3 Å². The summed E-state index contributed by atoms with van der Waals surface area (Å²) in [5, 5.41) is 10.7. The first-order chi connectivity index (χ1) is 8.38. The monoisotopic (exact) mass is 244 g/mol. The minimum absolute atomic E-state index is 0.513. The van der Waals surface area contributed by atoms with Crippen molar-refractivity contribution in [1.82, 2.24) is 9.55 Å². The highest BCUT2D eigenvalue weighted by Crippen LogP contribution is 2.26. The van der Waals surface area contributed by atoms with Crippen LogP contribution in [0.2, 0.25) is 0 Å². The van der Waals surface area contributed by atoms with E-state index in [-0.39, 0.29) is 0 Å². The predicted molar refractivity (Wildman–Crippen MR) is 72.4 cm³/mol. The van der Waals surface area contributed by atoms with Crippen molar-refractivity contribution < 1.29 is 5.11 Å². The minimum Gasteiger partial charge on any atom is -0.385 e. The summed E-state index contributed by atoms with van der Waals surface area (Å²) in [4.78, 5) is 4.27. The van der Waals surface area contributed by atoms with Crippen LogP contribution in [0.1, 0.15) is 29.4 Å². The largest absolute Gasteiger partial charge is 0.385 e. The van der Waals surface area contributed by atoms with Crippen molar-refractivity contribution in [3.63, 3.8) is 0 Å². The summed E-state index contributed by atoms with van der Waals surface area (Å²) >= 11 is 0. The molecule has 0 amide bonds. The van der Waals surface area contributed by atoms with E-state index in [2.05, 4.69) is 11.1 Å². The van der Waals surface area contributed by atoms with Gasteiger partial charge in [0.1, 0.15) is 5.82 Å². The second-order valence-corrected chi connectivity index (χ2v) is 5.28. The Labute approximate surface area is 108 Å². The Morgan fingerprint density at radius 2 is 1.83 bits per heavy atom. The topological polar surface area (TPSA) is 38.1 Å². The lowest BCUT2D eigenvalue weighted by Gasteiger charge is -2.24. The predicted octanol–water partition coefficient (Wildman–Crippen LogP) is 2.49. The standard InChI is InChI=1S/C15H20N2O/c1-11-7-12(2)9-13(8-11)15(3,18)10-14-16-5-6-17(14)4/h5-9,18H,10H2,1-4H3. The molecule has 0 aliphatic carbocycles. The van der Waals surface area contributed by atoms with Crippen LogP contribution in [-0.4, -0.2) is 14.7 Å². The number of imidazole rings is 1. The third kappa shape index (κ3) is 2.62. The fourth-order valence-corrected chi connectivity index (χ4v) is 2.26. The lowest BCUT2D eigenvalue weighted by Crippen LogP contribution is -2.26. The van der Waals surface area contributed by atoms with Crippen LogP contribution < -0.4 is 0 Å². The molecule has 3 heteroatoms. The van der Waals surface area contributed by atoms with Gasteiger partial charge in [0.15, 0.2) is 0 Å². The third-order valence-electron chi connectivity index (χ3n) is 3.27. The van der Waals surface area contributed by atoms with Crippen molar-refractivity contribution in [2.45, 2.75) is 32.8 Å². The maximum absolute atomic E-state index is 10.7. The van der Waals surface area contributed by atoms with E-state index >= 15 is 0 Å². The molecule has 0 aliphatic rings. The highest BCUT2D eigenvalue weighted by Gasteiger charge is 2.25. The molecule has 3 nitrogen and oxygen atoms in total. The molecule has 1 heterocycles. The first-order valence-electron chi connectivity index (χ1n) is 6.16. The summed E-state index contributed by atoms with van der Waals surface area (Å²) in [6, 6.07) is 6.19. The van der Waals surface area contributed by atoms with Crippen LogP contribution >= 0.6 is 0 Å². The van der Waals surface area contributed by atoms with Gasteiger partial charge in [-0.25, -0.2) is 4.98 Å². The second kappa shape index (κ2) is 4.58. The fourth-order valence-electron chi connectivity index (χ4n) is 2.26. The average molecular weight is 244 g/mol. The maximum atomic E-state index is 10.7. The van der Waals surface area contributed by atoms with Crippen molar-refractivity contribution >= 4 is 0 Å². The number of rotatable bonds is 3. The molecule has 0 saturated heterocycles. The molecule has 1 N–H and O–H groups in total. The molecular formula is C15H20N2O. The number of aliphatic hydroxyl groups is 1. The summed E-state index contributed by atoms with van der Waals surface area (Å²) < 4.78 is 1.94. The quantitative estimate of drug-likeness (QED) is 0.900. The average Bonchev–Trinajstić information content (AvgIpc) is 2.62. The van der Waals surface area contributed by atoms with Crippen molar-refractivity contribution in [3.8, 4) is 0 Å². The van der Waals surface area contributed by atoms with Gasteiger partial charge in [0, 0.05) is 25.9 Å². The molecule has 0 aliphatic heterocycles. The number of hydrogen-bond acceptors (Lipinski definition) is 2. The fraction of sp³-hybridized carbons (Fsp3) is 0.400. The molecule has 2 rings (SSSR count). The van der Waals surface area contributed by atoms with Gasteiger partial charge >= 0.3 is 0 Å². The number of aromatic nitrogens is 2. The number of aryl methyl sites for hydroxylation is 3. The Morgan fingerprint density at radius 1 is 1.22 bits per heavy atom. The highest BCUT2D eigenvalue weighted by molar-refractivity contribution is 5.32. The molecule has 0 radical (unpaired) electrons. The maximum Gasteiger partial charge on any atom is 0.111 e. The molecule has 96 valence electrons. The van der Waals surface area contributed by atoms with Gasteiger partial charge in [-0.15, -0.1) is 0 Å². The Kier molecular flexibility index (Phi) is 3.26. The van der Waals surface area contributed by atoms with Gasteiger partial charge < -0.3 is 9.67 Å². The summed E-state index contributed by atoms with van der Waals surface area (Å²) in [7, 11) is 1.94. The van der Waals surface area contributed by atoms with Crippen molar-refractivity contribution in [1.29, 1.82) is 0 Å². The molecule has 1 aromatic carbocycles. The van der Waals surface area contributed by atoms with Crippen LogP contribution in [-0.2, 0) is 19.1 Å². The van der Waals surface area contributed by atoms with E-state index in [4.69, 9.17) is 0 Å². The smallest absolute Gasteiger partial charge is 0.111 e. The Balaban J connectivity index is 2.33. The Bertz CT molecular complexity index is 535. The summed E-state index contributed by atoms with van der Waals surface area (Å²) in [5.41, 5.74) is 2.40. The number of nitrogens with zero attached hydrogens (tertiary/aromatic N) is 2. The normalized spacial score (nSPS) is 14.5. The molecule has 0 fully saturated rings. The minimum atomic E-state index is -0.893. The van der Waals surface area contributed by atoms with E-state index in [0.29, 0.717) is 6.42 Å². The zero-order chi connectivity index (χ0) is 13.3. The van der Waals surface area contributed by atoms with Crippen LogP contribution in [0.15, 0.2) is 30.6 Å². The molecule has 1 unspecified atom stereocenters. The van der Waals surface area contributed by atoms with Gasteiger partial charge in [0.2, 0.25) is 0 Å². The van der Waals surface area contributed by atoms with Crippen molar-refractivity contribution in [2.75, 3.05) is 0 Å². The summed E-state index contributed by atoms with van der Waals surface area (Å²) in [6.07, 6.45) is 4.17. The molecule has 18 heavy (non-hydrogen) atoms. The SMILES string of the molecule is Cc1cc(C)cc(C(C)(O)Cc2nccn2C)c1. The van der Waals surface area contributed by atoms with E-state index in [0.717, 1.165) is 11.4 Å². The van der Waals surface area contributed by atoms with Gasteiger partial charge in [-0.05, 0) is 26.3 Å². The van der Waals surface area contributed by atoms with Crippen LogP contribution in [0.4, 0.5) is 0 Å². The number of hydrogen-bond donors (Lipinski definition) is 1. The zero-order valence-electron chi connectivity index (χ0n) is 11.4. The lowest BCUT2D eigenvalue weighted by molar-refractivity contribution is 0.0546. The molecule has 0 bridgehead atoms. The molecule has 1 aromatic heterocycles. The molecule has 0 saturated carbocycles. The molecule has 2 aromatic rings. The summed E-state index contributed by atoms with van der Waals surface area (Å²) in [5.74, 6) is 0.888. The van der Waals surface area contributed by atoms with Crippen LogP contribution in [0.3, 0.4) is 0 Å². The van der Waals surface area contributed by atoms with Gasteiger partial charge in [-0.2, -0.15) is 0 Å². The van der Waals surface area contributed by atoms with Gasteiger partial charge in [0.05, 0.1) is 5.60 Å². The second-order valence-electron chi connectivity index (χ2n) is 5.28. The van der Waals surface area contributed by atoms with Crippen molar-refractivity contribution in [2.24, 2.45) is 7.05 Å². The third-order valence-corrected chi connectivity index (χ3v) is 3.27. The van der Waals surface area contributed by atoms with E-state index < -0.39 is 5.60 Å². The van der Waals surface area contributed by atoms with E-state index in [9.17, 15) is 5.11 Å². The Morgan fingerprint density at radius 3 is 2.33 bits per heavy atom. The number of benzene rings is 1. The molecule has 1 atom stereocenters. The first kappa shape index (κ1) is 12.8. The summed E-state index contributed by atoms with van der Waals surface area (Å²) in [6.45, 7) is 5.94. The molecular weight excluding hydrogens is 224 g/mol. The van der Waals surface area contributed by atoms with Crippen LogP contribution in [0.5, 0.6) is 0 Å². The van der Waals surface area contributed by atoms with Crippen molar-refractivity contribution in [3.05, 3.63) is 53.1 Å². The van der Waals surface area contributed by atoms with E-state index in [1.54, 1.807) is 6.20 Å². The zero-order valence-corrected chi connectivity index (χ0v) is 11.4. The van der Waals surface area contributed by atoms with Gasteiger partial charge in [-0.3, -0.25) is 0 Å². The van der Waals surface area contributed by atoms with Gasteiger partial charge in [0.25, 0.3) is 0 Å². The highest BCUT2D eigenvalue weighted by atomic mass is 16.3.